The normalized spacial score (nSPS) is 10.3. The fourth-order valence-corrected chi connectivity index (χ4v) is 1.82. The van der Waals surface area contributed by atoms with Crippen molar-refractivity contribution in [3.63, 3.8) is 0 Å². The van der Waals surface area contributed by atoms with Gasteiger partial charge in [0.25, 0.3) is 0 Å². The second-order valence-electron chi connectivity index (χ2n) is 3.60. The van der Waals surface area contributed by atoms with Crippen molar-refractivity contribution in [1.82, 2.24) is 9.97 Å². The number of hydrogen-bond donors (Lipinski definition) is 1. The fraction of sp³-hybridized carbons (Fsp3) is 0.167. The predicted molar refractivity (Wildman–Crippen MR) is 66.6 cm³/mol. The molecule has 0 bridgehead atoms. The van der Waals surface area contributed by atoms with Crippen LogP contribution in [0.1, 0.15) is 5.69 Å². The molecule has 0 aliphatic rings. The highest BCUT2D eigenvalue weighted by Crippen LogP contribution is 2.29. The van der Waals surface area contributed by atoms with Gasteiger partial charge in [-0.15, -0.1) is 0 Å². The summed E-state index contributed by atoms with van der Waals surface area (Å²) in [5, 5.41) is 0.502. The van der Waals surface area contributed by atoms with Crippen molar-refractivity contribution < 1.29 is 4.74 Å². The highest BCUT2D eigenvalue weighted by molar-refractivity contribution is 6.33. The van der Waals surface area contributed by atoms with Crippen molar-refractivity contribution in [3.05, 3.63) is 45.5 Å². The number of methoxy groups -OCH3 is 1. The lowest BCUT2D eigenvalue weighted by Crippen LogP contribution is -2.12. The fourth-order valence-electron chi connectivity index (χ4n) is 1.55. The number of ether oxygens (including phenoxy) is 1. The third kappa shape index (κ3) is 2.47. The molecule has 0 spiro atoms. The van der Waals surface area contributed by atoms with E-state index in [2.05, 4.69) is 9.97 Å². The van der Waals surface area contributed by atoms with E-state index >= 15 is 0 Å². The van der Waals surface area contributed by atoms with Gasteiger partial charge in [-0.05, 0) is 31.2 Å². The second-order valence-corrected chi connectivity index (χ2v) is 4.01. The van der Waals surface area contributed by atoms with Gasteiger partial charge in [-0.2, -0.15) is 4.98 Å². The number of hydrogen-bond acceptors (Lipinski definition) is 3. The number of nitrogens with zero attached hydrogens (tertiary/aromatic N) is 1. The Morgan fingerprint density at radius 1 is 1.35 bits per heavy atom. The highest BCUT2D eigenvalue weighted by atomic mass is 35.5. The van der Waals surface area contributed by atoms with E-state index in [1.165, 1.54) is 0 Å². The summed E-state index contributed by atoms with van der Waals surface area (Å²) in [6.45, 7) is 1.80. The number of nitrogens with one attached hydrogen (secondary N) is 1. The van der Waals surface area contributed by atoms with Crippen molar-refractivity contribution in [2.45, 2.75) is 6.92 Å². The zero-order valence-electron chi connectivity index (χ0n) is 9.45. The van der Waals surface area contributed by atoms with Gasteiger partial charge < -0.3 is 9.72 Å². The molecule has 1 heterocycles. The molecule has 0 saturated heterocycles. The Kier molecular flexibility index (Phi) is 3.15. The van der Waals surface area contributed by atoms with Gasteiger partial charge in [-0.3, -0.25) is 0 Å². The molecule has 0 aliphatic heterocycles. The van der Waals surface area contributed by atoms with E-state index in [0.29, 0.717) is 22.0 Å². The van der Waals surface area contributed by atoms with Crippen molar-refractivity contribution in [2.75, 3.05) is 7.11 Å². The summed E-state index contributed by atoms with van der Waals surface area (Å²) in [5.74, 6) is 0.667. The second kappa shape index (κ2) is 4.59. The first-order valence-electron chi connectivity index (χ1n) is 5.02. The molecule has 5 heteroatoms. The lowest BCUT2D eigenvalue weighted by molar-refractivity contribution is 0.415. The third-order valence-corrected chi connectivity index (χ3v) is 2.64. The summed E-state index contributed by atoms with van der Waals surface area (Å²) in [5.41, 5.74) is 1.62. The lowest BCUT2D eigenvalue weighted by Gasteiger charge is -2.06. The predicted octanol–water partition coefficient (Wildman–Crippen LogP) is 2.41. The van der Waals surface area contributed by atoms with Crippen LogP contribution in [0.4, 0.5) is 0 Å². The molecule has 2 aromatic rings. The minimum absolute atomic E-state index is 0.383. The van der Waals surface area contributed by atoms with E-state index in [9.17, 15) is 4.79 Å². The van der Waals surface area contributed by atoms with Gasteiger partial charge in [0.1, 0.15) is 5.75 Å². The molecule has 1 aromatic heterocycles. The molecule has 0 atom stereocenters. The molecule has 0 aliphatic carbocycles. The monoisotopic (exact) mass is 250 g/mol. The summed E-state index contributed by atoms with van der Waals surface area (Å²) < 4.78 is 5.06. The van der Waals surface area contributed by atoms with Gasteiger partial charge >= 0.3 is 5.69 Å². The number of aromatic amines is 1. The maximum Gasteiger partial charge on any atom is 0.345 e. The first-order chi connectivity index (χ1) is 8.10. The molecule has 1 aromatic carbocycles. The zero-order valence-corrected chi connectivity index (χ0v) is 10.2. The molecular weight excluding hydrogens is 240 g/mol. The van der Waals surface area contributed by atoms with Crippen LogP contribution in [0, 0.1) is 6.92 Å². The van der Waals surface area contributed by atoms with Crippen molar-refractivity contribution >= 4 is 11.6 Å². The number of H-pyrrole nitrogens is 1. The summed E-state index contributed by atoms with van der Waals surface area (Å²) in [6, 6.07) is 7.02. The van der Waals surface area contributed by atoms with Crippen molar-refractivity contribution in [3.8, 4) is 17.0 Å². The zero-order chi connectivity index (χ0) is 12.4. The standard InChI is InChI=1S/C12H11ClN2O2/c1-7-5-11(15-12(16)14-7)9-4-3-8(17-2)6-10(9)13/h3-6H,1-2H3,(H,14,15,16). The van der Waals surface area contributed by atoms with Crippen LogP contribution in [0.5, 0.6) is 5.75 Å². The molecule has 4 nitrogen and oxygen atoms in total. The molecule has 0 saturated carbocycles. The van der Waals surface area contributed by atoms with Crippen LogP contribution in [-0.4, -0.2) is 17.1 Å². The van der Waals surface area contributed by atoms with Crippen molar-refractivity contribution in [1.29, 1.82) is 0 Å². The van der Waals surface area contributed by atoms with Gasteiger partial charge in [0, 0.05) is 11.3 Å². The van der Waals surface area contributed by atoms with Crippen LogP contribution in [0.3, 0.4) is 0 Å². The van der Waals surface area contributed by atoms with Crippen LogP contribution < -0.4 is 10.4 Å². The highest BCUT2D eigenvalue weighted by Gasteiger charge is 2.07. The topological polar surface area (TPSA) is 55.0 Å². The Morgan fingerprint density at radius 2 is 2.12 bits per heavy atom. The smallest absolute Gasteiger partial charge is 0.345 e. The van der Waals surface area contributed by atoms with Gasteiger partial charge in [0.15, 0.2) is 0 Å². The number of aromatic nitrogens is 2. The molecule has 2 rings (SSSR count). The molecule has 17 heavy (non-hydrogen) atoms. The van der Waals surface area contributed by atoms with E-state index in [4.69, 9.17) is 16.3 Å². The van der Waals surface area contributed by atoms with Crippen LogP contribution in [-0.2, 0) is 0 Å². The summed E-state index contributed by atoms with van der Waals surface area (Å²) in [7, 11) is 1.57. The van der Waals surface area contributed by atoms with Crippen molar-refractivity contribution in [2.24, 2.45) is 0 Å². The SMILES string of the molecule is COc1ccc(-c2cc(C)[nH]c(=O)n2)c(Cl)c1. The van der Waals surface area contributed by atoms with Crippen LogP contribution in [0.25, 0.3) is 11.3 Å². The largest absolute Gasteiger partial charge is 0.497 e. The van der Waals surface area contributed by atoms with Gasteiger partial charge in [0.2, 0.25) is 0 Å². The quantitative estimate of drug-likeness (QED) is 0.891. The van der Waals surface area contributed by atoms with E-state index in [1.807, 2.05) is 0 Å². The minimum Gasteiger partial charge on any atom is -0.497 e. The first-order valence-corrected chi connectivity index (χ1v) is 5.40. The molecule has 1 N–H and O–H groups in total. The molecular formula is C12H11ClN2O2. The molecule has 0 radical (unpaired) electrons. The maximum absolute atomic E-state index is 11.3. The first kappa shape index (κ1) is 11.7. The average molecular weight is 251 g/mol. The van der Waals surface area contributed by atoms with Crippen LogP contribution in [0.2, 0.25) is 5.02 Å². The van der Waals surface area contributed by atoms with E-state index in [0.717, 1.165) is 5.69 Å². The Balaban J connectivity index is 2.56. The average Bonchev–Trinajstić information content (AvgIpc) is 2.27. The van der Waals surface area contributed by atoms with Gasteiger partial charge in [-0.25, -0.2) is 4.79 Å². The van der Waals surface area contributed by atoms with E-state index in [1.54, 1.807) is 38.3 Å². The van der Waals surface area contributed by atoms with E-state index < -0.39 is 0 Å². The number of aryl methyl sites for hydroxylation is 1. The summed E-state index contributed by atoms with van der Waals surface area (Å²) in [4.78, 5) is 17.8. The third-order valence-electron chi connectivity index (χ3n) is 2.33. The molecule has 0 amide bonds. The molecule has 0 unspecified atom stereocenters. The van der Waals surface area contributed by atoms with Gasteiger partial charge in [0.05, 0.1) is 17.8 Å². The summed E-state index contributed by atoms with van der Waals surface area (Å²) in [6.07, 6.45) is 0. The molecule has 88 valence electrons. The summed E-state index contributed by atoms with van der Waals surface area (Å²) >= 11 is 6.12. The lowest BCUT2D eigenvalue weighted by atomic mass is 10.1. The number of benzene rings is 1. The Bertz CT molecular complexity index is 608. The molecule has 0 fully saturated rings. The van der Waals surface area contributed by atoms with Crippen LogP contribution >= 0.6 is 11.6 Å². The number of halogens is 1. The Morgan fingerprint density at radius 3 is 2.71 bits per heavy atom. The Hall–Kier alpha value is -1.81. The minimum atomic E-state index is -0.383. The van der Waals surface area contributed by atoms with E-state index in [-0.39, 0.29) is 5.69 Å². The van der Waals surface area contributed by atoms with Crippen LogP contribution in [0.15, 0.2) is 29.1 Å². The maximum atomic E-state index is 11.3. The van der Waals surface area contributed by atoms with Gasteiger partial charge in [-0.1, -0.05) is 11.6 Å². The number of rotatable bonds is 2. The Labute approximate surface area is 103 Å².